The number of benzene rings is 1. The van der Waals surface area contributed by atoms with Crippen LogP contribution in [0.2, 0.25) is 0 Å². The lowest BCUT2D eigenvalue weighted by Crippen LogP contribution is -2.42. The summed E-state index contributed by atoms with van der Waals surface area (Å²) < 4.78 is 10.7. The summed E-state index contributed by atoms with van der Waals surface area (Å²) in [5, 5.41) is 0. The zero-order valence-electron chi connectivity index (χ0n) is 14.8. The van der Waals surface area contributed by atoms with E-state index in [9.17, 15) is 0 Å². The molecule has 0 spiro atoms. The summed E-state index contributed by atoms with van der Waals surface area (Å²) in [5.74, 6) is 1.80. The summed E-state index contributed by atoms with van der Waals surface area (Å²) in [4.78, 5) is 13.4. The topological polar surface area (TPSA) is 53.6 Å². The van der Waals surface area contributed by atoms with Gasteiger partial charge in [0.15, 0.2) is 0 Å². The van der Waals surface area contributed by atoms with Crippen molar-refractivity contribution >= 4 is 0 Å². The highest BCUT2D eigenvalue weighted by Crippen LogP contribution is 2.25. The van der Waals surface area contributed by atoms with Gasteiger partial charge in [0, 0.05) is 51.3 Å². The van der Waals surface area contributed by atoms with Crippen molar-refractivity contribution in [2.24, 2.45) is 0 Å². The molecule has 1 fully saturated rings. The van der Waals surface area contributed by atoms with E-state index in [0.29, 0.717) is 0 Å². The number of aromatic nitrogens is 2. The molecule has 134 valence electrons. The predicted octanol–water partition coefficient (Wildman–Crippen LogP) is 1.78. The van der Waals surface area contributed by atoms with Gasteiger partial charge in [0.1, 0.15) is 11.6 Å². The molecule has 4 rings (SSSR count). The maximum absolute atomic E-state index is 5.42. The standard InChI is InChI=1S/C19H26N4O2/c1-24-16-4-2-3-15(13-16)19-20-17-5-6-23(14-18(17)21-19)8-7-22-9-11-25-12-10-22/h2-4,13H,5-12,14H2,1H3,(H,20,21). The normalized spacial score (nSPS) is 18.9. The molecule has 0 saturated carbocycles. The molecule has 6 heteroatoms. The molecule has 1 N–H and O–H groups in total. The molecule has 2 aliphatic rings. The second-order valence-corrected chi connectivity index (χ2v) is 6.72. The van der Waals surface area contributed by atoms with Gasteiger partial charge in [-0.15, -0.1) is 0 Å². The van der Waals surface area contributed by atoms with Gasteiger partial charge in [-0.25, -0.2) is 4.98 Å². The van der Waals surface area contributed by atoms with E-state index in [0.717, 1.165) is 76.0 Å². The highest BCUT2D eigenvalue weighted by molar-refractivity contribution is 5.58. The van der Waals surface area contributed by atoms with Crippen molar-refractivity contribution < 1.29 is 9.47 Å². The number of imidazole rings is 1. The first-order valence-electron chi connectivity index (χ1n) is 9.06. The first kappa shape index (κ1) is 16.6. The third kappa shape index (κ3) is 3.86. The van der Waals surface area contributed by atoms with Gasteiger partial charge in [-0.2, -0.15) is 0 Å². The van der Waals surface area contributed by atoms with E-state index < -0.39 is 0 Å². The Bertz CT molecular complexity index is 709. The summed E-state index contributed by atoms with van der Waals surface area (Å²) in [6, 6.07) is 8.06. The van der Waals surface area contributed by atoms with Gasteiger partial charge in [0.25, 0.3) is 0 Å². The number of hydrogen-bond donors (Lipinski definition) is 1. The van der Waals surface area contributed by atoms with Crippen LogP contribution in [0.4, 0.5) is 0 Å². The summed E-state index contributed by atoms with van der Waals surface area (Å²) >= 11 is 0. The number of hydrogen-bond acceptors (Lipinski definition) is 5. The molecule has 1 saturated heterocycles. The number of morpholine rings is 1. The maximum Gasteiger partial charge on any atom is 0.137 e. The molecule has 0 bridgehead atoms. The predicted molar refractivity (Wildman–Crippen MR) is 96.8 cm³/mol. The Labute approximate surface area is 148 Å². The van der Waals surface area contributed by atoms with Gasteiger partial charge in [-0.05, 0) is 12.1 Å². The number of rotatable bonds is 5. The van der Waals surface area contributed by atoms with Crippen LogP contribution in [0.25, 0.3) is 11.4 Å². The van der Waals surface area contributed by atoms with Gasteiger partial charge in [-0.1, -0.05) is 12.1 Å². The van der Waals surface area contributed by atoms with Gasteiger partial charge in [0.2, 0.25) is 0 Å². The first-order chi connectivity index (χ1) is 12.3. The minimum absolute atomic E-state index is 0.860. The number of nitrogens with zero attached hydrogens (tertiary/aromatic N) is 3. The molecule has 6 nitrogen and oxygen atoms in total. The van der Waals surface area contributed by atoms with Crippen LogP contribution >= 0.6 is 0 Å². The number of methoxy groups -OCH3 is 1. The quantitative estimate of drug-likeness (QED) is 0.898. The summed E-state index contributed by atoms with van der Waals surface area (Å²) in [5.41, 5.74) is 3.54. The number of ether oxygens (including phenoxy) is 2. The van der Waals surface area contributed by atoms with Gasteiger partial charge in [0.05, 0.1) is 31.7 Å². The zero-order valence-corrected chi connectivity index (χ0v) is 14.8. The second kappa shape index (κ2) is 7.56. The summed E-state index contributed by atoms with van der Waals surface area (Å²) in [6.07, 6.45) is 1.01. The molecule has 0 atom stereocenters. The molecule has 1 aromatic carbocycles. The maximum atomic E-state index is 5.42. The smallest absolute Gasteiger partial charge is 0.137 e. The fourth-order valence-corrected chi connectivity index (χ4v) is 3.56. The van der Waals surface area contributed by atoms with Crippen molar-refractivity contribution in [2.45, 2.75) is 13.0 Å². The third-order valence-electron chi connectivity index (χ3n) is 5.09. The van der Waals surface area contributed by atoms with Crippen LogP contribution in [0.5, 0.6) is 5.75 Å². The van der Waals surface area contributed by atoms with Crippen LogP contribution in [0.3, 0.4) is 0 Å². The van der Waals surface area contributed by atoms with E-state index in [1.165, 1.54) is 11.4 Å². The third-order valence-corrected chi connectivity index (χ3v) is 5.09. The van der Waals surface area contributed by atoms with Gasteiger partial charge in [-0.3, -0.25) is 9.80 Å². The Morgan fingerprint density at radius 1 is 1.16 bits per heavy atom. The van der Waals surface area contributed by atoms with Crippen molar-refractivity contribution in [3.63, 3.8) is 0 Å². The Morgan fingerprint density at radius 3 is 2.84 bits per heavy atom. The van der Waals surface area contributed by atoms with Crippen molar-refractivity contribution in [1.29, 1.82) is 0 Å². The Hall–Kier alpha value is -1.89. The highest BCUT2D eigenvalue weighted by Gasteiger charge is 2.21. The van der Waals surface area contributed by atoms with Gasteiger partial charge >= 0.3 is 0 Å². The lowest BCUT2D eigenvalue weighted by Gasteiger charge is -2.31. The first-order valence-corrected chi connectivity index (χ1v) is 9.06. The second-order valence-electron chi connectivity index (χ2n) is 6.72. The van der Waals surface area contributed by atoms with Crippen LogP contribution < -0.4 is 4.74 Å². The minimum atomic E-state index is 0.860. The van der Waals surface area contributed by atoms with Crippen molar-refractivity contribution in [3.8, 4) is 17.1 Å². The lowest BCUT2D eigenvalue weighted by atomic mass is 10.1. The molecule has 0 amide bonds. The fraction of sp³-hybridized carbons (Fsp3) is 0.526. The van der Waals surface area contributed by atoms with Gasteiger partial charge < -0.3 is 14.5 Å². The van der Waals surface area contributed by atoms with Crippen LogP contribution in [-0.4, -0.2) is 72.8 Å². The molecule has 2 aliphatic heterocycles. The average Bonchev–Trinajstić information content (AvgIpc) is 3.10. The van der Waals surface area contributed by atoms with Crippen LogP contribution in [0.1, 0.15) is 11.4 Å². The van der Waals surface area contributed by atoms with Crippen LogP contribution in [-0.2, 0) is 17.7 Å². The number of fused-ring (bicyclic) bond motifs is 1. The largest absolute Gasteiger partial charge is 0.497 e. The molecule has 3 heterocycles. The van der Waals surface area contributed by atoms with E-state index in [2.05, 4.69) is 20.9 Å². The Balaban J connectivity index is 1.40. The molecule has 0 radical (unpaired) electrons. The van der Waals surface area contributed by atoms with E-state index in [-0.39, 0.29) is 0 Å². The van der Waals surface area contributed by atoms with E-state index in [4.69, 9.17) is 14.5 Å². The van der Waals surface area contributed by atoms with Crippen molar-refractivity contribution in [1.82, 2.24) is 19.8 Å². The summed E-state index contributed by atoms with van der Waals surface area (Å²) in [7, 11) is 1.69. The minimum Gasteiger partial charge on any atom is -0.497 e. The number of aromatic amines is 1. The molecular formula is C19H26N4O2. The number of nitrogens with one attached hydrogen (secondary N) is 1. The highest BCUT2D eigenvalue weighted by atomic mass is 16.5. The van der Waals surface area contributed by atoms with Crippen LogP contribution in [0.15, 0.2) is 24.3 Å². The Morgan fingerprint density at radius 2 is 2.00 bits per heavy atom. The van der Waals surface area contributed by atoms with Crippen LogP contribution in [0, 0.1) is 0 Å². The summed E-state index contributed by atoms with van der Waals surface area (Å²) in [6.45, 7) is 8.12. The fourth-order valence-electron chi connectivity index (χ4n) is 3.56. The lowest BCUT2D eigenvalue weighted by molar-refractivity contribution is 0.0326. The SMILES string of the molecule is COc1cccc(-c2nc3c([nH]2)CN(CCN2CCOCC2)CC3)c1. The molecule has 0 unspecified atom stereocenters. The van der Waals surface area contributed by atoms with E-state index >= 15 is 0 Å². The molecule has 0 aliphatic carbocycles. The zero-order chi connectivity index (χ0) is 17.1. The monoisotopic (exact) mass is 342 g/mol. The average molecular weight is 342 g/mol. The van der Waals surface area contributed by atoms with Crippen molar-refractivity contribution in [2.75, 3.05) is 53.0 Å². The van der Waals surface area contributed by atoms with Crippen molar-refractivity contribution in [3.05, 3.63) is 35.7 Å². The molecule has 2 aromatic rings. The Kier molecular flexibility index (Phi) is 5.01. The molecule has 1 aromatic heterocycles. The van der Waals surface area contributed by atoms with E-state index in [1.807, 2.05) is 18.2 Å². The molecular weight excluding hydrogens is 316 g/mol. The van der Waals surface area contributed by atoms with E-state index in [1.54, 1.807) is 7.11 Å². The number of H-pyrrole nitrogens is 1. The molecule has 25 heavy (non-hydrogen) atoms.